The van der Waals surface area contributed by atoms with E-state index in [1.54, 1.807) is 24.3 Å². The monoisotopic (exact) mass is 409 g/mol. The second-order valence-electron chi connectivity index (χ2n) is 6.29. The molecule has 0 bridgehead atoms. The lowest BCUT2D eigenvalue weighted by molar-refractivity contribution is -0.140. The van der Waals surface area contributed by atoms with Crippen LogP contribution in [0.2, 0.25) is 0 Å². The first kappa shape index (κ1) is 20.3. The normalized spacial score (nSPS) is 13.5. The van der Waals surface area contributed by atoms with Gasteiger partial charge in [-0.3, -0.25) is 14.4 Å². The van der Waals surface area contributed by atoms with Gasteiger partial charge in [-0.2, -0.15) is 13.2 Å². The molecule has 1 aliphatic heterocycles. The number of carbonyl (C=O) groups excluding carboxylic acids is 3. The van der Waals surface area contributed by atoms with Crippen molar-refractivity contribution in [2.45, 2.75) is 19.0 Å². The van der Waals surface area contributed by atoms with E-state index in [1.165, 1.54) is 4.90 Å². The molecule has 29 heavy (non-hydrogen) atoms. The molecule has 0 unspecified atom stereocenters. The van der Waals surface area contributed by atoms with Gasteiger partial charge in [-0.15, -0.1) is 0 Å². The molecule has 3 rings (SSSR count). The van der Waals surface area contributed by atoms with Gasteiger partial charge in [0.2, 0.25) is 17.7 Å². The Morgan fingerprint density at radius 3 is 2.55 bits per heavy atom. The lowest BCUT2D eigenvalue weighted by atomic mass is 10.1. The van der Waals surface area contributed by atoms with E-state index in [0.29, 0.717) is 23.5 Å². The number of fused-ring (bicyclic) bond motifs is 1. The zero-order chi connectivity index (χ0) is 21.2. The highest BCUT2D eigenvalue weighted by Crippen LogP contribution is 2.33. The highest BCUT2D eigenvalue weighted by atomic mass is 19.4. The van der Waals surface area contributed by atoms with Crippen LogP contribution in [0.15, 0.2) is 42.5 Å². The summed E-state index contributed by atoms with van der Waals surface area (Å²) in [6.45, 7) is -0.204. The van der Waals surface area contributed by atoms with Crippen LogP contribution >= 0.6 is 0 Å². The molecule has 2 aromatic rings. The molecule has 0 aromatic heterocycles. The van der Waals surface area contributed by atoms with Gasteiger partial charge < -0.3 is 15.5 Å². The van der Waals surface area contributed by atoms with Crippen LogP contribution in [0.5, 0.6) is 0 Å². The number of nitrogens with zero attached hydrogens (tertiary/aromatic N) is 1. The molecule has 2 N–H and O–H groups in total. The SMILES string of the molecule is O=C(CCC(=O)N1CC(=O)Nc2ccccc21)Nc1ccc(F)c(C(F)(F)F)c1. The van der Waals surface area contributed by atoms with Crippen LogP contribution in [0, 0.1) is 5.82 Å². The van der Waals surface area contributed by atoms with E-state index in [1.807, 2.05) is 0 Å². The van der Waals surface area contributed by atoms with Crippen LogP contribution < -0.4 is 15.5 Å². The number of alkyl halides is 3. The second-order valence-corrected chi connectivity index (χ2v) is 6.29. The zero-order valence-electron chi connectivity index (χ0n) is 14.8. The maximum Gasteiger partial charge on any atom is 0.419 e. The number of benzene rings is 2. The van der Waals surface area contributed by atoms with Gasteiger partial charge in [0.15, 0.2) is 0 Å². The number of hydrogen-bond acceptors (Lipinski definition) is 3. The first-order valence-corrected chi connectivity index (χ1v) is 8.51. The topological polar surface area (TPSA) is 78.5 Å². The van der Waals surface area contributed by atoms with E-state index in [0.717, 1.165) is 6.07 Å². The molecule has 0 radical (unpaired) electrons. The molecule has 1 heterocycles. The Kier molecular flexibility index (Phi) is 5.53. The van der Waals surface area contributed by atoms with E-state index < -0.39 is 29.4 Å². The van der Waals surface area contributed by atoms with Gasteiger partial charge >= 0.3 is 6.18 Å². The van der Waals surface area contributed by atoms with Crippen LogP contribution in [0.1, 0.15) is 18.4 Å². The van der Waals surface area contributed by atoms with Crippen molar-refractivity contribution >= 4 is 34.8 Å². The Labute approximate surface area is 162 Å². The van der Waals surface area contributed by atoms with Crippen molar-refractivity contribution in [3.63, 3.8) is 0 Å². The number of hydrogen-bond donors (Lipinski definition) is 2. The predicted molar refractivity (Wildman–Crippen MR) is 96.7 cm³/mol. The van der Waals surface area contributed by atoms with E-state index >= 15 is 0 Å². The van der Waals surface area contributed by atoms with Gasteiger partial charge in [0.1, 0.15) is 12.4 Å². The number of anilines is 3. The third-order valence-electron chi connectivity index (χ3n) is 4.19. The molecule has 1 aliphatic rings. The van der Waals surface area contributed by atoms with Gasteiger partial charge in [0.25, 0.3) is 0 Å². The Morgan fingerprint density at radius 1 is 1.10 bits per heavy atom. The summed E-state index contributed by atoms with van der Waals surface area (Å²) in [5, 5.41) is 4.84. The number of rotatable bonds is 4. The van der Waals surface area contributed by atoms with Crippen molar-refractivity contribution in [1.82, 2.24) is 0 Å². The van der Waals surface area contributed by atoms with Crippen molar-refractivity contribution in [3.05, 3.63) is 53.8 Å². The first-order chi connectivity index (χ1) is 13.6. The minimum absolute atomic E-state index is 0.204. The fourth-order valence-corrected chi connectivity index (χ4v) is 2.85. The average molecular weight is 409 g/mol. The minimum atomic E-state index is -4.90. The largest absolute Gasteiger partial charge is 0.419 e. The third kappa shape index (κ3) is 4.71. The molecular formula is C19H15F4N3O3. The molecule has 2 aromatic carbocycles. The standard InChI is InChI=1S/C19H15F4N3O3/c20-13-6-5-11(9-12(13)19(21,22)23)24-16(27)7-8-18(29)26-10-17(28)25-14-3-1-2-4-15(14)26/h1-6,9H,7-8,10H2,(H,24,27)(H,25,28). The Balaban J connectivity index is 1.63. The summed E-state index contributed by atoms with van der Waals surface area (Å²) in [6.07, 6.45) is -5.48. The summed E-state index contributed by atoms with van der Waals surface area (Å²) in [6, 6.07) is 8.74. The van der Waals surface area contributed by atoms with E-state index in [2.05, 4.69) is 10.6 Å². The van der Waals surface area contributed by atoms with Crippen molar-refractivity contribution in [2.75, 3.05) is 22.1 Å². The molecule has 152 valence electrons. The van der Waals surface area contributed by atoms with Crippen LogP contribution in [-0.4, -0.2) is 24.3 Å². The first-order valence-electron chi connectivity index (χ1n) is 8.51. The van der Waals surface area contributed by atoms with Gasteiger partial charge in [-0.25, -0.2) is 4.39 Å². The molecule has 3 amide bonds. The molecule has 0 aliphatic carbocycles. The maximum absolute atomic E-state index is 13.3. The van der Waals surface area contributed by atoms with Crippen LogP contribution in [0.4, 0.5) is 34.6 Å². The quantitative estimate of drug-likeness (QED) is 0.759. The number of halogens is 4. The number of carbonyl (C=O) groups is 3. The maximum atomic E-state index is 13.3. The smallest absolute Gasteiger partial charge is 0.326 e. The molecule has 6 nitrogen and oxygen atoms in total. The van der Waals surface area contributed by atoms with Crippen LogP contribution in [0.3, 0.4) is 0 Å². The van der Waals surface area contributed by atoms with E-state index in [-0.39, 0.29) is 31.0 Å². The minimum Gasteiger partial charge on any atom is -0.326 e. The molecular weight excluding hydrogens is 394 g/mol. The molecule has 0 atom stereocenters. The highest BCUT2D eigenvalue weighted by Gasteiger charge is 2.34. The number of para-hydroxylation sites is 2. The van der Waals surface area contributed by atoms with Crippen LogP contribution in [0.25, 0.3) is 0 Å². The Hall–Kier alpha value is -3.43. The lowest BCUT2D eigenvalue weighted by Crippen LogP contribution is -2.42. The summed E-state index contributed by atoms with van der Waals surface area (Å²) in [5.41, 5.74) is -0.778. The summed E-state index contributed by atoms with van der Waals surface area (Å²) in [7, 11) is 0. The predicted octanol–water partition coefficient (Wildman–Crippen LogP) is 3.55. The summed E-state index contributed by atoms with van der Waals surface area (Å²) in [4.78, 5) is 37.5. The lowest BCUT2D eigenvalue weighted by Gasteiger charge is -2.29. The molecule has 0 saturated heterocycles. The fourth-order valence-electron chi connectivity index (χ4n) is 2.85. The third-order valence-corrected chi connectivity index (χ3v) is 4.19. The number of amides is 3. The van der Waals surface area contributed by atoms with Gasteiger partial charge in [-0.1, -0.05) is 12.1 Å². The van der Waals surface area contributed by atoms with Gasteiger partial charge in [0, 0.05) is 18.5 Å². The second kappa shape index (κ2) is 7.90. The van der Waals surface area contributed by atoms with Gasteiger partial charge in [-0.05, 0) is 30.3 Å². The van der Waals surface area contributed by atoms with Crippen molar-refractivity contribution in [3.8, 4) is 0 Å². The Morgan fingerprint density at radius 2 is 1.83 bits per heavy atom. The fraction of sp³-hybridized carbons (Fsp3) is 0.211. The highest BCUT2D eigenvalue weighted by molar-refractivity contribution is 6.10. The van der Waals surface area contributed by atoms with Crippen molar-refractivity contribution in [1.29, 1.82) is 0 Å². The van der Waals surface area contributed by atoms with Crippen molar-refractivity contribution < 1.29 is 31.9 Å². The average Bonchev–Trinajstić information content (AvgIpc) is 2.66. The number of nitrogens with one attached hydrogen (secondary N) is 2. The molecule has 0 spiro atoms. The Bertz CT molecular complexity index is 975. The molecule has 0 saturated carbocycles. The summed E-state index contributed by atoms with van der Waals surface area (Å²) in [5.74, 6) is -3.04. The molecule has 10 heteroatoms. The summed E-state index contributed by atoms with van der Waals surface area (Å²) < 4.78 is 51.5. The summed E-state index contributed by atoms with van der Waals surface area (Å²) >= 11 is 0. The van der Waals surface area contributed by atoms with E-state index in [9.17, 15) is 31.9 Å². The van der Waals surface area contributed by atoms with Gasteiger partial charge in [0.05, 0.1) is 16.9 Å². The zero-order valence-corrected chi connectivity index (χ0v) is 14.8. The molecule has 0 fully saturated rings. The van der Waals surface area contributed by atoms with E-state index in [4.69, 9.17) is 0 Å². The van der Waals surface area contributed by atoms with Crippen molar-refractivity contribution in [2.24, 2.45) is 0 Å². The van der Waals surface area contributed by atoms with Crippen LogP contribution in [-0.2, 0) is 20.6 Å².